The number of pyridine rings is 1. The van der Waals surface area contributed by atoms with Gasteiger partial charge < -0.3 is 4.98 Å². The second kappa shape index (κ2) is 6.04. The quantitative estimate of drug-likeness (QED) is 0.689. The van der Waals surface area contributed by atoms with Crippen LogP contribution in [0.4, 0.5) is 0 Å². The summed E-state index contributed by atoms with van der Waals surface area (Å²) in [5, 5.41) is 0.813. The average Bonchev–Trinajstić information content (AvgIpc) is 2.63. The van der Waals surface area contributed by atoms with Gasteiger partial charge in [0.05, 0.1) is 5.69 Å². The zero-order valence-corrected chi connectivity index (χ0v) is 13.2. The van der Waals surface area contributed by atoms with Crippen molar-refractivity contribution in [3.05, 3.63) is 70.4 Å². The first-order chi connectivity index (χ1) is 11.3. The summed E-state index contributed by atoms with van der Waals surface area (Å²) in [6, 6.07) is 18.1. The van der Waals surface area contributed by atoms with Gasteiger partial charge >= 0.3 is 0 Å². The molecular weight excluding hydrogens is 282 g/mol. The first-order valence-corrected chi connectivity index (χ1v) is 8.55. The standard InChI is InChI=1S/C21H21NO/c23-21-17-13-7-8-14-18(17)22-20(16-11-5-2-6-12-16)19(21)15-9-3-1-4-10-15/h2,5-8,11-15H,1,3-4,9-10H2,(H,22,23). The van der Waals surface area contributed by atoms with Crippen LogP contribution in [0.1, 0.15) is 43.6 Å². The van der Waals surface area contributed by atoms with E-state index in [1.54, 1.807) is 0 Å². The van der Waals surface area contributed by atoms with Crippen LogP contribution in [0.15, 0.2) is 59.4 Å². The van der Waals surface area contributed by atoms with Gasteiger partial charge in [-0.15, -0.1) is 0 Å². The highest BCUT2D eigenvalue weighted by atomic mass is 16.1. The van der Waals surface area contributed by atoms with Crippen LogP contribution in [-0.2, 0) is 0 Å². The fourth-order valence-corrected chi connectivity index (χ4v) is 3.86. The Labute approximate surface area is 136 Å². The average molecular weight is 303 g/mol. The lowest BCUT2D eigenvalue weighted by molar-refractivity contribution is 0.442. The molecule has 1 heterocycles. The van der Waals surface area contributed by atoms with Crippen LogP contribution in [0.5, 0.6) is 0 Å². The molecule has 0 unspecified atom stereocenters. The predicted molar refractivity (Wildman–Crippen MR) is 95.8 cm³/mol. The number of fused-ring (bicyclic) bond motifs is 1. The predicted octanol–water partition coefficient (Wildman–Crippen LogP) is 5.24. The van der Waals surface area contributed by atoms with Crippen molar-refractivity contribution < 1.29 is 0 Å². The molecule has 2 heteroatoms. The van der Waals surface area contributed by atoms with Gasteiger partial charge in [-0.3, -0.25) is 4.79 Å². The van der Waals surface area contributed by atoms with E-state index in [4.69, 9.17) is 0 Å². The van der Waals surface area contributed by atoms with Crippen molar-refractivity contribution in [3.8, 4) is 11.3 Å². The summed E-state index contributed by atoms with van der Waals surface area (Å²) in [5.41, 5.74) is 4.26. The zero-order valence-electron chi connectivity index (χ0n) is 13.2. The first-order valence-electron chi connectivity index (χ1n) is 8.55. The van der Waals surface area contributed by atoms with Crippen LogP contribution in [-0.4, -0.2) is 4.98 Å². The monoisotopic (exact) mass is 303 g/mol. The topological polar surface area (TPSA) is 32.9 Å². The van der Waals surface area contributed by atoms with Crippen LogP contribution in [0.25, 0.3) is 22.2 Å². The number of rotatable bonds is 2. The van der Waals surface area contributed by atoms with E-state index in [1.807, 2.05) is 42.5 Å². The van der Waals surface area contributed by atoms with Gasteiger partial charge in [0.2, 0.25) is 0 Å². The summed E-state index contributed by atoms with van der Waals surface area (Å²) in [7, 11) is 0. The number of nitrogens with one attached hydrogen (secondary N) is 1. The van der Waals surface area contributed by atoms with Gasteiger partial charge in [0.1, 0.15) is 0 Å². The molecule has 0 bridgehead atoms. The third-order valence-corrected chi connectivity index (χ3v) is 5.02. The van der Waals surface area contributed by atoms with Gasteiger partial charge in [-0.2, -0.15) is 0 Å². The van der Waals surface area contributed by atoms with Gasteiger partial charge in [0.15, 0.2) is 5.43 Å². The second-order valence-corrected chi connectivity index (χ2v) is 6.49. The normalized spacial score (nSPS) is 15.8. The molecular formula is C21H21NO. The third kappa shape index (κ3) is 2.59. The third-order valence-electron chi connectivity index (χ3n) is 5.02. The Morgan fingerprint density at radius 2 is 1.52 bits per heavy atom. The highest BCUT2D eigenvalue weighted by molar-refractivity contribution is 5.83. The van der Waals surface area contributed by atoms with E-state index in [9.17, 15) is 4.79 Å². The SMILES string of the molecule is O=c1c(C2CCCCC2)c(-c2ccccc2)[nH]c2ccccc12. The van der Waals surface area contributed by atoms with Crippen molar-refractivity contribution in [1.82, 2.24) is 4.98 Å². The summed E-state index contributed by atoms with van der Waals surface area (Å²) in [6.45, 7) is 0. The number of aromatic amines is 1. The highest BCUT2D eigenvalue weighted by Crippen LogP contribution is 2.36. The first kappa shape index (κ1) is 14.3. The maximum absolute atomic E-state index is 13.2. The van der Waals surface area contributed by atoms with Crippen LogP contribution in [0, 0.1) is 0 Å². The molecule has 2 aromatic carbocycles. The van der Waals surface area contributed by atoms with E-state index >= 15 is 0 Å². The maximum atomic E-state index is 13.2. The summed E-state index contributed by atoms with van der Waals surface area (Å²) in [5.74, 6) is 0.382. The van der Waals surface area contributed by atoms with Crippen molar-refractivity contribution >= 4 is 10.9 Å². The van der Waals surface area contributed by atoms with Crippen molar-refractivity contribution in [3.63, 3.8) is 0 Å². The van der Waals surface area contributed by atoms with Gasteiger partial charge in [-0.05, 0) is 36.5 Å². The van der Waals surface area contributed by atoms with E-state index < -0.39 is 0 Å². The van der Waals surface area contributed by atoms with Crippen LogP contribution >= 0.6 is 0 Å². The Balaban J connectivity index is 2.00. The Morgan fingerprint density at radius 3 is 2.30 bits per heavy atom. The van der Waals surface area contributed by atoms with Crippen molar-refractivity contribution in [2.45, 2.75) is 38.0 Å². The molecule has 1 N–H and O–H groups in total. The van der Waals surface area contributed by atoms with Crippen molar-refractivity contribution in [2.75, 3.05) is 0 Å². The molecule has 4 rings (SSSR count). The Morgan fingerprint density at radius 1 is 0.826 bits per heavy atom. The molecule has 0 aliphatic heterocycles. The Hall–Kier alpha value is -2.35. The molecule has 1 aliphatic rings. The van der Waals surface area contributed by atoms with Crippen LogP contribution < -0.4 is 5.43 Å². The molecule has 116 valence electrons. The zero-order chi connectivity index (χ0) is 15.6. The molecule has 1 saturated carbocycles. The van der Waals surface area contributed by atoms with E-state index in [0.717, 1.165) is 40.6 Å². The molecule has 23 heavy (non-hydrogen) atoms. The number of aromatic nitrogens is 1. The largest absolute Gasteiger partial charge is 0.354 e. The molecule has 1 fully saturated rings. The van der Waals surface area contributed by atoms with E-state index in [0.29, 0.717) is 5.92 Å². The second-order valence-electron chi connectivity index (χ2n) is 6.49. The molecule has 1 aliphatic carbocycles. The molecule has 0 atom stereocenters. The molecule has 1 aromatic heterocycles. The minimum Gasteiger partial charge on any atom is -0.354 e. The highest BCUT2D eigenvalue weighted by Gasteiger charge is 2.23. The van der Waals surface area contributed by atoms with Crippen LogP contribution in [0.2, 0.25) is 0 Å². The Bertz CT molecular complexity index is 873. The fourth-order valence-electron chi connectivity index (χ4n) is 3.86. The van der Waals surface area contributed by atoms with Gasteiger partial charge in [0, 0.05) is 16.5 Å². The smallest absolute Gasteiger partial charge is 0.193 e. The number of hydrogen-bond acceptors (Lipinski definition) is 1. The lowest BCUT2D eigenvalue weighted by atomic mass is 9.81. The molecule has 0 amide bonds. The van der Waals surface area contributed by atoms with E-state index in [2.05, 4.69) is 17.1 Å². The summed E-state index contributed by atoms with van der Waals surface area (Å²) >= 11 is 0. The van der Waals surface area contributed by atoms with Gasteiger partial charge in [0.25, 0.3) is 0 Å². The maximum Gasteiger partial charge on any atom is 0.193 e. The Kier molecular flexibility index (Phi) is 3.74. The molecule has 3 aromatic rings. The van der Waals surface area contributed by atoms with Crippen molar-refractivity contribution in [2.24, 2.45) is 0 Å². The molecule has 0 saturated heterocycles. The van der Waals surface area contributed by atoms with Crippen LogP contribution in [0.3, 0.4) is 0 Å². The molecule has 0 radical (unpaired) electrons. The number of hydrogen-bond donors (Lipinski definition) is 1. The summed E-state index contributed by atoms with van der Waals surface area (Å²) in [4.78, 5) is 16.8. The summed E-state index contributed by atoms with van der Waals surface area (Å²) < 4.78 is 0. The summed E-state index contributed by atoms with van der Waals surface area (Å²) in [6.07, 6.45) is 6.00. The minimum atomic E-state index is 0.213. The lowest BCUT2D eigenvalue weighted by Crippen LogP contribution is -2.19. The number of benzene rings is 2. The van der Waals surface area contributed by atoms with Crippen molar-refractivity contribution in [1.29, 1.82) is 0 Å². The minimum absolute atomic E-state index is 0.213. The fraction of sp³-hybridized carbons (Fsp3) is 0.286. The number of H-pyrrole nitrogens is 1. The van der Waals surface area contributed by atoms with E-state index in [-0.39, 0.29) is 5.43 Å². The lowest BCUT2D eigenvalue weighted by Gasteiger charge is -2.24. The molecule has 2 nitrogen and oxygen atoms in total. The van der Waals surface area contributed by atoms with Gasteiger partial charge in [-0.25, -0.2) is 0 Å². The molecule has 0 spiro atoms. The van der Waals surface area contributed by atoms with E-state index in [1.165, 1.54) is 19.3 Å². The number of para-hydroxylation sites is 1. The van der Waals surface area contributed by atoms with Gasteiger partial charge in [-0.1, -0.05) is 61.7 Å².